The second-order valence-corrected chi connectivity index (χ2v) is 8.08. The maximum absolute atomic E-state index is 5.14. The molecule has 2 unspecified atom stereocenters. The molecule has 0 amide bonds. The molecule has 2 aromatic rings. The number of anilines is 1. The Morgan fingerprint density at radius 1 is 1.07 bits per heavy atom. The molecule has 7 nitrogen and oxygen atoms in total. The Hall–Kier alpha value is -2.28. The number of nitrogens with zero attached hydrogens (tertiary/aromatic N) is 6. The van der Waals surface area contributed by atoms with Crippen LogP contribution in [-0.2, 0) is 6.54 Å². The largest absolute Gasteiger partial charge is 0.467 e. The highest BCUT2D eigenvalue weighted by Gasteiger charge is 2.40. The third kappa shape index (κ3) is 3.36. The van der Waals surface area contributed by atoms with Crippen LogP contribution in [-0.4, -0.2) is 58.1 Å². The predicted octanol–water partition coefficient (Wildman–Crippen LogP) is 2.11. The lowest BCUT2D eigenvalue weighted by molar-refractivity contribution is 0.301. The van der Waals surface area contributed by atoms with Crippen LogP contribution in [0.5, 0.6) is 6.01 Å². The van der Waals surface area contributed by atoms with E-state index in [-0.39, 0.29) is 0 Å². The predicted molar refractivity (Wildman–Crippen MR) is 102 cm³/mol. The van der Waals surface area contributed by atoms with Gasteiger partial charge in [-0.2, -0.15) is 4.98 Å². The first kappa shape index (κ1) is 16.9. The third-order valence-corrected chi connectivity index (χ3v) is 6.34. The van der Waals surface area contributed by atoms with Crippen LogP contribution in [0.1, 0.15) is 36.6 Å². The van der Waals surface area contributed by atoms with Crippen LogP contribution in [0.2, 0.25) is 0 Å². The standard InChI is InChI=1S/C20H26N6O/c1-27-20-21-6-5-17(24-20)12-25-8-15-10-26(11-16(15)9-25)19-7-18(22-13-23-19)14-3-2-4-14/h5-7,13-16H,2-4,8-12H2,1H3. The fourth-order valence-corrected chi connectivity index (χ4v) is 4.66. The van der Waals surface area contributed by atoms with Gasteiger partial charge in [-0.15, -0.1) is 0 Å². The van der Waals surface area contributed by atoms with Crippen LogP contribution >= 0.6 is 0 Å². The van der Waals surface area contributed by atoms with Crippen LogP contribution in [0.4, 0.5) is 5.82 Å². The van der Waals surface area contributed by atoms with E-state index < -0.39 is 0 Å². The van der Waals surface area contributed by atoms with Crippen molar-refractivity contribution < 1.29 is 4.74 Å². The van der Waals surface area contributed by atoms with Gasteiger partial charge in [-0.25, -0.2) is 15.0 Å². The van der Waals surface area contributed by atoms with Crippen LogP contribution < -0.4 is 9.64 Å². The van der Waals surface area contributed by atoms with Gasteiger partial charge in [0, 0.05) is 56.6 Å². The molecule has 1 aliphatic carbocycles. The molecule has 2 saturated heterocycles. The van der Waals surface area contributed by atoms with E-state index >= 15 is 0 Å². The van der Waals surface area contributed by atoms with E-state index in [9.17, 15) is 0 Å². The van der Waals surface area contributed by atoms with Gasteiger partial charge < -0.3 is 9.64 Å². The number of ether oxygens (including phenoxy) is 1. The molecule has 4 heterocycles. The number of rotatable bonds is 5. The second kappa shape index (κ2) is 7.03. The fourth-order valence-electron chi connectivity index (χ4n) is 4.66. The Balaban J connectivity index is 1.21. The highest BCUT2D eigenvalue weighted by Crippen LogP contribution is 2.38. The van der Waals surface area contributed by atoms with Crippen molar-refractivity contribution in [1.29, 1.82) is 0 Å². The molecule has 2 aromatic heterocycles. The molecule has 0 bridgehead atoms. The number of fused-ring (bicyclic) bond motifs is 1. The minimum atomic E-state index is 0.448. The molecule has 0 aromatic carbocycles. The van der Waals surface area contributed by atoms with Crippen molar-refractivity contribution in [2.24, 2.45) is 11.8 Å². The van der Waals surface area contributed by atoms with Gasteiger partial charge in [0.1, 0.15) is 12.1 Å². The van der Waals surface area contributed by atoms with Crippen molar-refractivity contribution in [1.82, 2.24) is 24.8 Å². The van der Waals surface area contributed by atoms with E-state index in [0.29, 0.717) is 23.8 Å². The third-order valence-electron chi connectivity index (χ3n) is 6.34. The maximum Gasteiger partial charge on any atom is 0.316 e. The highest BCUT2D eigenvalue weighted by atomic mass is 16.5. The second-order valence-electron chi connectivity index (χ2n) is 8.08. The van der Waals surface area contributed by atoms with E-state index in [0.717, 1.165) is 44.2 Å². The molecule has 3 aliphatic rings. The van der Waals surface area contributed by atoms with Gasteiger partial charge >= 0.3 is 6.01 Å². The van der Waals surface area contributed by atoms with Crippen LogP contribution in [0.15, 0.2) is 24.7 Å². The normalized spacial score (nSPS) is 25.4. The Labute approximate surface area is 159 Å². The lowest BCUT2D eigenvalue weighted by atomic mass is 9.83. The smallest absolute Gasteiger partial charge is 0.316 e. The topological polar surface area (TPSA) is 67.3 Å². The molecule has 0 spiro atoms. The number of hydrogen-bond donors (Lipinski definition) is 0. The van der Waals surface area contributed by atoms with Crippen molar-refractivity contribution in [3.05, 3.63) is 36.0 Å². The maximum atomic E-state index is 5.14. The molecular formula is C20H26N6O. The first-order valence-electron chi connectivity index (χ1n) is 9.93. The monoisotopic (exact) mass is 366 g/mol. The molecule has 0 N–H and O–H groups in total. The van der Waals surface area contributed by atoms with Crippen molar-refractivity contribution in [2.45, 2.75) is 31.7 Å². The van der Waals surface area contributed by atoms with Crippen LogP contribution in [0.3, 0.4) is 0 Å². The zero-order valence-corrected chi connectivity index (χ0v) is 15.8. The van der Waals surface area contributed by atoms with Crippen molar-refractivity contribution >= 4 is 5.82 Å². The molecule has 1 saturated carbocycles. The number of likely N-dealkylation sites (tertiary alicyclic amines) is 1. The Bertz CT molecular complexity index is 797. The molecule has 7 heteroatoms. The van der Waals surface area contributed by atoms with Crippen LogP contribution in [0.25, 0.3) is 0 Å². The Morgan fingerprint density at radius 3 is 2.59 bits per heavy atom. The summed E-state index contributed by atoms with van der Waals surface area (Å²) >= 11 is 0. The summed E-state index contributed by atoms with van der Waals surface area (Å²) < 4.78 is 5.14. The molecule has 2 atom stereocenters. The quantitative estimate of drug-likeness (QED) is 0.803. The van der Waals surface area contributed by atoms with Crippen LogP contribution in [0, 0.1) is 11.8 Å². The first-order valence-corrected chi connectivity index (χ1v) is 9.93. The van der Waals surface area contributed by atoms with Gasteiger partial charge in [0.15, 0.2) is 0 Å². The van der Waals surface area contributed by atoms with Gasteiger partial charge in [0.2, 0.25) is 0 Å². The van der Waals surface area contributed by atoms with E-state index in [4.69, 9.17) is 4.74 Å². The summed E-state index contributed by atoms with van der Waals surface area (Å²) in [4.78, 5) is 22.6. The fraction of sp³-hybridized carbons (Fsp3) is 0.600. The minimum Gasteiger partial charge on any atom is -0.467 e. The summed E-state index contributed by atoms with van der Waals surface area (Å²) in [6, 6.07) is 4.66. The summed E-state index contributed by atoms with van der Waals surface area (Å²) in [6.07, 6.45) is 7.43. The average Bonchev–Trinajstić information content (AvgIpc) is 3.19. The highest BCUT2D eigenvalue weighted by molar-refractivity contribution is 5.42. The van der Waals surface area contributed by atoms with E-state index in [2.05, 4.69) is 35.8 Å². The lowest BCUT2D eigenvalue weighted by Gasteiger charge is -2.26. The summed E-state index contributed by atoms with van der Waals surface area (Å²) in [7, 11) is 1.61. The lowest BCUT2D eigenvalue weighted by Crippen LogP contribution is -2.29. The molecule has 5 rings (SSSR count). The summed E-state index contributed by atoms with van der Waals surface area (Å²) in [6.45, 7) is 5.29. The Morgan fingerprint density at radius 2 is 1.89 bits per heavy atom. The molecule has 27 heavy (non-hydrogen) atoms. The number of aromatic nitrogens is 4. The van der Waals surface area contributed by atoms with Gasteiger partial charge in [-0.1, -0.05) is 6.42 Å². The first-order chi connectivity index (χ1) is 13.3. The minimum absolute atomic E-state index is 0.448. The van der Waals surface area contributed by atoms with E-state index in [1.165, 1.54) is 25.0 Å². The van der Waals surface area contributed by atoms with Gasteiger partial charge in [-0.3, -0.25) is 4.90 Å². The zero-order valence-electron chi connectivity index (χ0n) is 15.8. The molecule has 2 aliphatic heterocycles. The Kier molecular flexibility index (Phi) is 4.39. The molecule has 0 radical (unpaired) electrons. The molecular weight excluding hydrogens is 340 g/mol. The van der Waals surface area contributed by atoms with E-state index in [1.807, 2.05) is 6.07 Å². The van der Waals surface area contributed by atoms with Crippen molar-refractivity contribution in [3.63, 3.8) is 0 Å². The molecule has 3 fully saturated rings. The summed E-state index contributed by atoms with van der Waals surface area (Å²) in [5, 5.41) is 0. The summed E-state index contributed by atoms with van der Waals surface area (Å²) in [5.41, 5.74) is 2.27. The van der Waals surface area contributed by atoms with Crippen molar-refractivity contribution in [2.75, 3.05) is 38.2 Å². The number of hydrogen-bond acceptors (Lipinski definition) is 7. The number of methoxy groups -OCH3 is 1. The van der Waals surface area contributed by atoms with Gasteiger partial charge in [0.25, 0.3) is 0 Å². The van der Waals surface area contributed by atoms with Gasteiger partial charge in [0.05, 0.1) is 12.8 Å². The molecule has 142 valence electrons. The van der Waals surface area contributed by atoms with Gasteiger partial charge in [-0.05, 0) is 30.7 Å². The van der Waals surface area contributed by atoms with E-state index in [1.54, 1.807) is 19.6 Å². The zero-order chi connectivity index (χ0) is 18.2. The average molecular weight is 366 g/mol. The van der Waals surface area contributed by atoms with Crippen molar-refractivity contribution in [3.8, 4) is 6.01 Å². The summed E-state index contributed by atoms with van der Waals surface area (Å²) in [5.74, 6) is 3.19. The SMILES string of the molecule is COc1nccc(CN2CC3CN(c4cc(C5CCC5)ncn4)CC3C2)n1.